The zero-order valence-electron chi connectivity index (χ0n) is 15.4. The molecule has 2 aromatic rings. The van der Waals surface area contributed by atoms with Gasteiger partial charge in [0, 0.05) is 42.8 Å². The summed E-state index contributed by atoms with van der Waals surface area (Å²) in [5, 5.41) is 10.7. The number of piperazine rings is 1. The lowest BCUT2D eigenvalue weighted by molar-refractivity contribution is -0.384. The van der Waals surface area contributed by atoms with Gasteiger partial charge in [0.1, 0.15) is 5.75 Å². The monoisotopic (exact) mass is 483 g/mol. The molecule has 29 heavy (non-hydrogen) atoms. The molecule has 1 aliphatic heterocycles. The highest BCUT2D eigenvalue weighted by Crippen LogP contribution is 2.25. The summed E-state index contributed by atoms with van der Waals surface area (Å²) >= 11 is 3.36. The number of non-ortho nitro benzene ring substituents is 1. The standard InChI is InChI=1S/C18H18BrN3O6S/c1-28-14-4-7-17(19)16(12-14)18(23)20-8-10-21(11-9-20)29(26,27)15-5-2-13(3-6-15)22(24)25/h2-7,12H,8-11H2,1H3. The molecule has 0 unspecified atom stereocenters. The number of carbonyl (C=O) groups is 1. The molecular formula is C18H18BrN3O6S. The van der Waals surface area contributed by atoms with E-state index in [4.69, 9.17) is 4.74 Å². The Bertz CT molecular complexity index is 1030. The number of methoxy groups -OCH3 is 1. The van der Waals surface area contributed by atoms with E-state index >= 15 is 0 Å². The van der Waals surface area contributed by atoms with E-state index in [2.05, 4.69) is 15.9 Å². The number of sulfonamides is 1. The number of amides is 1. The van der Waals surface area contributed by atoms with Gasteiger partial charge in [-0.3, -0.25) is 14.9 Å². The minimum absolute atomic E-state index is 0.0154. The zero-order chi connectivity index (χ0) is 21.2. The van der Waals surface area contributed by atoms with Gasteiger partial charge in [0.25, 0.3) is 11.6 Å². The second-order valence-corrected chi connectivity index (χ2v) is 9.09. The molecule has 154 valence electrons. The van der Waals surface area contributed by atoms with Crippen LogP contribution >= 0.6 is 15.9 Å². The van der Waals surface area contributed by atoms with Crippen molar-refractivity contribution in [2.45, 2.75) is 4.90 Å². The van der Waals surface area contributed by atoms with Gasteiger partial charge in [-0.25, -0.2) is 8.42 Å². The van der Waals surface area contributed by atoms with Crippen molar-refractivity contribution >= 4 is 37.5 Å². The number of nitro groups is 1. The average Bonchev–Trinajstić information content (AvgIpc) is 2.73. The Morgan fingerprint density at radius 1 is 1.10 bits per heavy atom. The number of carbonyl (C=O) groups excluding carboxylic acids is 1. The van der Waals surface area contributed by atoms with Gasteiger partial charge in [-0.15, -0.1) is 0 Å². The fourth-order valence-corrected chi connectivity index (χ4v) is 4.82. The van der Waals surface area contributed by atoms with Crippen LogP contribution in [-0.4, -0.2) is 61.7 Å². The number of rotatable bonds is 5. The van der Waals surface area contributed by atoms with Gasteiger partial charge in [0.15, 0.2) is 0 Å². The molecular weight excluding hydrogens is 466 g/mol. The molecule has 1 aliphatic rings. The van der Waals surface area contributed by atoms with Gasteiger partial charge in [-0.2, -0.15) is 4.31 Å². The van der Waals surface area contributed by atoms with Crippen molar-refractivity contribution in [2.24, 2.45) is 0 Å². The minimum Gasteiger partial charge on any atom is -0.497 e. The Hall–Kier alpha value is -2.50. The molecule has 0 bridgehead atoms. The lowest BCUT2D eigenvalue weighted by atomic mass is 10.1. The summed E-state index contributed by atoms with van der Waals surface area (Å²) in [5.74, 6) is 0.332. The van der Waals surface area contributed by atoms with Crippen LogP contribution < -0.4 is 4.74 Å². The first kappa shape index (κ1) is 21.2. The van der Waals surface area contributed by atoms with E-state index in [1.807, 2.05) is 0 Å². The Balaban J connectivity index is 1.71. The highest BCUT2D eigenvalue weighted by atomic mass is 79.9. The molecule has 0 atom stereocenters. The zero-order valence-corrected chi connectivity index (χ0v) is 17.8. The molecule has 3 rings (SSSR count). The molecule has 0 saturated carbocycles. The number of halogens is 1. The normalized spacial score (nSPS) is 15.2. The summed E-state index contributed by atoms with van der Waals surface area (Å²) in [7, 11) is -2.28. The molecule has 0 spiro atoms. The molecule has 1 fully saturated rings. The number of ether oxygens (including phenoxy) is 1. The van der Waals surface area contributed by atoms with Crippen molar-refractivity contribution in [3.8, 4) is 5.75 Å². The SMILES string of the molecule is COc1ccc(Br)c(C(=O)N2CCN(S(=O)(=O)c3ccc([N+](=O)[O-])cc3)CC2)c1. The molecule has 1 amide bonds. The molecule has 0 aromatic heterocycles. The van der Waals surface area contributed by atoms with Crippen LogP contribution in [0.2, 0.25) is 0 Å². The van der Waals surface area contributed by atoms with Crippen LogP contribution in [-0.2, 0) is 10.0 Å². The predicted molar refractivity (Wildman–Crippen MR) is 108 cm³/mol. The summed E-state index contributed by atoms with van der Waals surface area (Å²) in [6, 6.07) is 9.85. The minimum atomic E-state index is -3.79. The molecule has 2 aromatic carbocycles. The van der Waals surface area contributed by atoms with E-state index in [1.54, 1.807) is 23.1 Å². The fourth-order valence-electron chi connectivity index (χ4n) is 2.99. The molecule has 11 heteroatoms. The maximum Gasteiger partial charge on any atom is 0.269 e. The summed E-state index contributed by atoms with van der Waals surface area (Å²) in [6.07, 6.45) is 0. The Morgan fingerprint density at radius 2 is 1.72 bits per heavy atom. The van der Waals surface area contributed by atoms with Crippen LogP contribution in [0.5, 0.6) is 5.75 Å². The molecule has 1 heterocycles. The molecule has 1 saturated heterocycles. The molecule has 0 aliphatic carbocycles. The second-order valence-electron chi connectivity index (χ2n) is 6.29. The van der Waals surface area contributed by atoms with Crippen molar-refractivity contribution in [1.29, 1.82) is 0 Å². The van der Waals surface area contributed by atoms with E-state index in [0.717, 1.165) is 12.1 Å². The highest BCUT2D eigenvalue weighted by molar-refractivity contribution is 9.10. The van der Waals surface area contributed by atoms with Gasteiger partial charge < -0.3 is 9.64 Å². The van der Waals surface area contributed by atoms with Crippen molar-refractivity contribution < 1.29 is 22.9 Å². The average molecular weight is 484 g/mol. The molecule has 9 nitrogen and oxygen atoms in total. The van der Waals surface area contributed by atoms with Gasteiger partial charge in [0.05, 0.1) is 22.5 Å². The van der Waals surface area contributed by atoms with E-state index in [9.17, 15) is 23.3 Å². The van der Waals surface area contributed by atoms with Crippen molar-refractivity contribution in [2.75, 3.05) is 33.3 Å². The third-order valence-corrected chi connectivity index (χ3v) is 7.22. The smallest absolute Gasteiger partial charge is 0.269 e. The number of nitro benzene ring substituents is 1. The number of hydrogen-bond donors (Lipinski definition) is 0. The van der Waals surface area contributed by atoms with Crippen LogP contribution in [0.4, 0.5) is 5.69 Å². The number of benzene rings is 2. The van der Waals surface area contributed by atoms with Crippen LogP contribution in [0, 0.1) is 10.1 Å². The van der Waals surface area contributed by atoms with Gasteiger partial charge in [-0.1, -0.05) is 0 Å². The van der Waals surface area contributed by atoms with E-state index in [0.29, 0.717) is 15.8 Å². The summed E-state index contributed by atoms with van der Waals surface area (Å²) in [5.41, 5.74) is 0.263. The van der Waals surface area contributed by atoms with E-state index in [1.165, 1.54) is 23.5 Å². The maximum atomic E-state index is 12.8. The Labute approximate surface area is 176 Å². The van der Waals surface area contributed by atoms with Crippen molar-refractivity contribution in [3.63, 3.8) is 0 Å². The summed E-state index contributed by atoms with van der Waals surface area (Å²) in [6.45, 7) is 0.725. The first-order valence-electron chi connectivity index (χ1n) is 8.61. The first-order chi connectivity index (χ1) is 13.7. The summed E-state index contributed by atoms with van der Waals surface area (Å²) < 4.78 is 32.6. The van der Waals surface area contributed by atoms with Gasteiger partial charge >= 0.3 is 0 Å². The van der Waals surface area contributed by atoms with Crippen LogP contribution in [0.1, 0.15) is 10.4 Å². The highest BCUT2D eigenvalue weighted by Gasteiger charge is 2.31. The quantitative estimate of drug-likeness (QED) is 0.477. The Morgan fingerprint density at radius 3 is 2.28 bits per heavy atom. The fraction of sp³-hybridized carbons (Fsp3) is 0.278. The number of nitrogens with zero attached hydrogens (tertiary/aromatic N) is 3. The molecule has 0 radical (unpaired) electrons. The van der Waals surface area contributed by atoms with Crippen molar-refractivity contribution in [1.82, 2.24) is 9.21 Å². The second kappa shape index (κ2) is 8.47. The largest absolute Gasteiger partial charge is 0.497 e. The Kier molecular flexibility index (Phi) is 6.20. The van der Waals surface area contributed by atoms with Gasteiger partial charge in [-0.05, 0) is 46.3 Å². The third-order valence-electron chi connectivity index (χ3n) is 4.62. The van der Waals surface area contributed by atoms with E-state index < -0.39 is 14.9 Å². The van der Waals surface area contributed by atoms with Crippen LogP contribution in [0.25, 0.3) is 0 Å². The topological polar surface area (TPSA) is 110 Å². The first-order valence-corrected chi connectivity index (χ1v) is 10.8. The van der Waals surface area contributed by atoms with E-state index in [-0.39, 0.29) is 42.7 Å². The van der Waals surface area contributed by atoms with Gasteiger partial charge in [0.2, 0.25) is 10.0 Å². The third kappa shape index (κ3) is 4.41. The number of hydrogen-bond acceptors (Lipinski definition) is 6. The molecule has 0 N–H and O–H groups in total. The lowest BCUT2D eigenvalue weighted by Crippen LogP contribution is -2.50. The van der Waals surface area contributed by atoms with Crippen molar-refractivity contribution in [3.05, 3.63) is 62.6 Å². The summed E-state index contributed by atoms with van der Waals surface area (Å²) in [4.78, 5) is 24.6. The predicted octanol–water partition coefficient (Wildman–Crippen LogP) is 2.51. The maximum absolute atomic E-state index is 12.8. The lowest BCUT2D eigenvalue weighted by Gasteiger charge is -2.34. The van der Waals surface area contributed by atoms with Crippen LogP contribution in [0.15, 0.2) is 51.8 Å². The van der Waals surface area contributed by atoms with Crippen LogP contribution in [0.3, 0.4) is 0 Å².